The van der Waals surface area contributed by atoms with Crippen LogP contribution in [-0.4, -0.2) is 36.2 Å². The van der Waals surface area contributed by atoms with Gasteiger partial charge in [0.05, 0.1) is 17.7 Å². The zero-order valence-electron chi connectivity index (χ0n) is 11.9. The van der Waals surface area contributed by atoms with Crippen LogP contribution in [0.3, 0.4) is 0 Å². The molecule has 7 heteroatoms. The summed E-state index contributed by atoms with van der Waals surface area (Å²) in [6, 6.07) is 6.64. The smallest absolute Gasteiger partial charge is 0.292 e. The molecule has 1 aliphatic rings. The molecule has 1 aliphatic heterocycles. The number of halogens is 3. The number of nitrogens with zero attached hydrogens (tertiary/aromatic N) is 1. The Morgan fingerprint density at radius 1 is 0.909 bits per heavy atom. The number of rotatable bonds is 7. The first-order valence-corrected chi connectivity index (χ1v) is 7.06. The molecule has 120 valence electrons. The number of amides is 2. The number of unbranched alkanes of at least 4 members (excludes halogenated alkanes) is 3. The van der Waals surface area contributed by atoms with Crippen LogP contribution in [0.25, 0.3) is 0 Å². The van der Waals surface area contributed by atoms with Gasteiger partial charge in [0, 0.05) is 6.54 Å². The molecule has 0 saturated carbocycles. The topological polar surface area (TPSA) is 46.6 Å². The molecule has 4 nitrogen and oxygen atoms in total. The lowest BCUT2D eigenvalue weighted by molar-refractivity contribution is -0.324. The monoisotopic (exact) mass is 315 g/mol. The highest BCUT2D eigenvalue weighted by atomic mass is 19.4. The number of hydrogen-bond acceptors (Lipinski definition) is 3. The van der Waals surface area contributed by atoms with Crippen LogP contribution in [0.5, 0.6) is 0 Å². The second-order valence-electron chi connectivity index (χ2n) is 5.02. The molecule has 0 atom stereocenters. The average Bonchev–Trinajstić information content (AvgIpc) is 2.70. The van der Waals surface area contributed by atoms with Gasteiger partial charge in [-0.3, -0.25) is 19.2 Å². The van der Waals surface area contributed by atoms with Crippen molar-refractivity contribution in [1.82, 2.24) is 4.90 Å². The Balaban J connectivity index is 1.69. The zero-order valence-corrected chi connectivity index (χ0v) is 11.9. The van der Waals surface area contributed by atoms with Crippen molar-refractivity contribution in [1.29, 1.82) is 0 Å². The third-order valence-corrected chi connectivity index (χ3v) is 3.42. The quantitative estimate of drug-likeness (QED) is 0.572. The molecule has 0 unspecified atom stereocenters. The van der Waals surface area contributed by atoms with Crippen molar-refractivity contribution in [3.05, 3.63) is 35.4 Å². The molecule has 0 radical (unpaired) electrons. The average molecular weight is 315 g/mol. The van der Waals surface area contributed by atoms with Crippen molar-refractivity contribution in [2.75, 3.05) is 13.2 Å². The third kappa shape index (κ3) is 4.07. The van der Waals surface area contributed by atoms with Crippen LogP contribution in [0.4, 0.5) is 13.2 Å². The molecule has 0 fully saturated rings. The van der Waals surface area contributed by atoms with E-state index in [1.807, 2.05) is 0 Å². The normalized spacial score (nSPS) is 14.6. The van der Waals surface area contributed by atoms with E-state index >= 15 is 0 Å². The summed E-state index contributed by atoms with van der Waals surface area (Å²) in [5, 5.41) is 0. The van der Waals surface area contributed by atoms with Crippen molar-refractivity contribution in [2.24, 2.45) is 0 Å². The molecule has 0 N–H and O–H groups in total. The maximum atomic E-state index is 12.0. The lowest BCUT2D eigenvalue weighted by Gasteiger charge is -2.13. The SMILES string of the molecule is O=C1c2ccccc2C(=O)N1CCCCCCOC(F)(F)F. The van der Waals surface area contributed by atoms with Gasteiger partial charge in [-0.1, -0.05) is 25.0 Å². The summed E-state index contributed by atoms with van der Waals surface area (Å²) in [5.41, 5.74) is 0.817. The highest BCUT2D eigenvalue weighted by Crippen LogP contribution is 2.23. The van der Waals surface area contributed by atoms with Gasteiger partial charge >= 0.3 is 6.36 Å². The van der Waals surface area contributed by atoms with Gasteiger partial charge in [-0.05, 0) is 25.0 Å². The van der Waals surface area contributed by atoms with Gasteiger partial charge in [-0.2, -0.15) is 0 Å². The Bertz CT molecular complexity index is 522. The van der Waals surface area contributed by atoms with Crippen LogP contribution < -0.4 is 0 Å². The van der Waals surface area contributed by atoms with Gasteiger partial charge < -0.3 is 0 Å². The summed E-state index contributed by atoms with van der Waals surface area (Å²) < 4.78 is 38.9. The minimum atomic E-state index is -4.58. The second-order valence-corrected chi connectivity index (χ2v) is 5.02. The largest absolute Gasteiger partial charge is 0.522 e. The van der Waals surface area contributed by atoms with E-state index in [1.165, 1.54) is 4.90 Å². The lowest BCUT2D eigenvalue weighted by atomic mass is 10.1. The maximum Gasteiger partial charge on any atom is 0.522 e. The van der Waals surface area contributed by atoms with Crippen LogP contribution in [-0.2, 0) is 4.74 Å². The molecule has 1 aromatic rings. The summed E-state index contributed by atoms with van der Waals surface area (Å²) >= 11 is 0. The fourth-order valence-corrected chi connectivity index (χ4v) is 2.36. The number of alkyl halides is 3. The molecule has 22 heavy (non-hydrogen) atoms. The van der Waals surface area contributed by atoms with Crippen molar-refractivity contribution in [3.8, 4) is 0 Å². The van der Waals surface area contributed by atoms with E-state index in [0.29, 0.717) is 36.8 Å². The van der Waals surface area contributed by atoms with Crippen molar-refractivity contribution >= 4 is 11.8 Å². The highest BCUT2D eigenvalue weighted by Gasteiger charge is 2.34. The molecular formula is C15H16F3NO3. The number of carbonyl (C=O) groups excluding carboxylic acids is 2. The predicted molar refractivity (Wildman–Crippen MR) is 72.3 cm³/mol. The molecule has 1 aromatic carbocycles. The van der Waals surface area contributed by atoms with E-state index in [4.69, 9.17) is 0 Å². The lowest BCUT2D eigenvalue weighted by Crippen LogP contribution is -2.30. The number of hydrogen-bond donors (Lipinski definition) is 0. The van der Waals surface area contributed by atoms with Gasteiger partial charge in [-0.25, -0.2) is 0 Å². The van der Waals surface area contributed by atoms with E-state index in [9.17, 15) is 22.8 Å². The first kappa shape index (κ1) is 16.5. The molecule has 0 spiro atoms. The molecule has 0 bridgehead atoms. The first-order valence-electron chi connectivity index (χ1n) is 7.06. The van der Waals surface area contributed by atoms with Gasteiger partial charge in [0.25, 0.3) is 11.8 Å². The molecule has 1 heterocycles. The van der Waals surface area contributed by atoms with E-state index in [2.05, 4.69) is 4.74 Å². The number of ether oxygens (including phenoxy) is 1. The molecule has 0 aromatic heterocycles. The molecule has 0 saturated heterocycles. The number of carbonyl (C=O) groups is 2. The van der Waals surface area contributed by atoms with Gasteiger partial charge in [0.2, 0.25) is 0 Å². The minimum Gasteiger partial charge on any atom is -0.292 e. The zero-order chi connectivity index (χ0) is 16.2. The fourth-order valence-electron chi connectivity index (χ4n) is 2.36. The standard InChI is InChI=1S/C15H16F3NO3/c16-15(17,18)22-10-6-2-1-5-9-19-13(20)11-7-3-4-8-12(11)14(19)21/h3-4,7-8H,1-2,5-6,9-10H2. The minimum absolute atomic E-state index is 0.284. The molecule has 0 aliphatic carbocycles. The Morgan fingerprint density at radius 3 is 2.00 bits per heavy atom. The van der Waals surface area contributed by atoms with Crippen LogP contribution in [0.1, 0.15) is 46.4 Å². The molecule has 2 amide bonds. The van der Waals surface area contributed by atoms with Crippen molar-refractivity contribution < 1.29 is 27.5 Å². The van der Waals surface area contributed by atoms with E-state index in [-0.39, 0.29) is 25.0 Å². The van der Waals surface area contributed by atoms with E-state index in [1.54, 1.807) is 24.3 Å². The van der Waals surface area contributed by atoms with Crippen LogP contribution >= 0.6 is 0 Å². The van der Waals surface area contributed by atoms with Crippen LogP contribution in [0.15, 0.2) is 24.3 Å². The van der Waals surface area contributed by atoms with Crippen molar-refractivity contribution in [3.63, 3.8) is 0 Å². The number of fused-ring (bicyclic) bond motifs is 1. The molecule has 2 rings (SSSR count). The highest BCUT2D eigenvalue weighted by molar-refractivity contribution is 6.21. The molecular weight excluding hydrogens is 299 g/mol. The van der Waals surface area contributed by atoms with Gasteiger partial charge in [0.1, 0.15) is 0 Å². The Kier molecular flexibility index (Phi) is 5.18. The van der Waals surface area contributed by atoms with E-state index < -0.39 is 6.36 Å². The van der Waals surface area contributed by atoms with Crippen LogP contribution in [0, 0.1) is 0 Å². The van der Waals surface area contributed by atoms with Gasteiger partial charge in [-0.15, -0.1) is 13.2 Å². The Labute approximate surface area is 125 Å². The van der Waals surface area contributed by atoms with Crippen molar-refractivity contribution in [2.45, 2.75) is 32.0 Å². The van der Waals surface area contributed by atoms with E-state index in [0.717, 1.165) is 0 Å². The first-order chi connectivity index (χ1) is 10.4. The Hall–Kier alpha value is -1.89. The summed E-state index contributed by atoms with van der Waals surface area (Å²) in [4.78, 5) is 25.3. The summed E-state index contributed by atoms with van der Waals surface area (Å²) in [6.07, 6.45) is -2.53. The second kappa shape index (κ2) is 6.91. The summed E-state index contributed by atoms with van der Waals surface area (Å²) in [6.45, 7) is -0.0804. The predicted octanol–water partition coefficient (Wildman–Crippen LogP) is 3.38. The summed E-state index contributed by atoms with van der Waals surface area (Å²) in [7, 11) is 0. The number of imide groups is 1. The fraction of sp³-hybridized carbons (Fsp3) is 0.467. The Morgan fingerprint density at radius 2 is 1.45 bits per heavy atom. The number of benzene rings is 1. The van der Waals surface area contributed by atoms with Crippen LogP contribution in [0.2, 0.25) is 0 Å². The third-order valence-electron chi connectivity index (χ3n) is 3.42. The maximum absolute atomic E-state index is 12.0. The summed E-state index contributed by atoms with van der Waals surface area (Å²) in [5.74, 6) is -0.609. The van der Waals surface area contributed by atoms with Gasteiger partial charge in [0.15, 0.2) is 0 Å².